The van der Waals surface area contributed by atoms with Crippen molar-refractivity contribution in [1.82, 2.24) is 13.9 Å². The van der Waals surface area contributed by atoms with Crippen molar-refractivity contribution in [2.45, 2.75) is 37.1 Å². The van der Waals surface area contributed by atoms with Gasteiger partial charge in [-0.2, -0.15) is 9.57 Å². The lowest BCUT2D eigenvalue weighted by Crippen LogP contribution is -2.41. The van der Waals surface area contributed by atoms with Crippen LogP contribution in [-0.4, -0.2) is 40.0 Å². The molecule has 0 amide bonds. The number of aliphatic hydroxyl groups excluding tert-OH is 1. The Labute approximate surface area is 181 Å². The molecule has 1 aliphatic rings. The number of aromatic nitrogens is 2. The number of nitrogens with zero attached hydrogens (tertiary/aromatic N) is 4. The van der Waals surface area contributed by atoms with Gasteiger partial charge in [0.1, 0.15) is 17.4 Å². The molecule has 1 saturated heterocycles. The van der Waals surface area contributed by atoms with Crippen LogP contribution in [0.15, 0.2) is 53.4 Å². The molecule has 1 aromatic heterocycles. The summed E-state index contributed by atoms with van der Waals surface area (Å²) in [5.74, 6) is 0.108. The number of aryl methyl sites for hydroxylation is 1. The minimum Gasteiger partial charge on any atom is -0.506 e. The van der Waals surface area contributed by atoms with E-state index in [2.05, 4.69) is 4.98 Å². The number of para-hydroxylation sites is 2. The van der Waals surface area contributed by atoms with Crippen LogP contribution in [0.2, 0.25) is 0 Å². The Kier molecular flexibility index (Phi) is 5.56. The summed E-state index contributed by atoms with van der Waals surface area (Å²) in [7, 11) is -1.82. The van der Waals surface area contributed by atoms with E-state index in [0.717, 1.165) is 30.3 Å². The number of hydrogen-bond acceptors (Lipinski definition) is 5. The Morgan fingerprint density at radius 2 is 1.87 bits per heavy atom. The molecule has 31 heavy (non-hydrogen) atoms. The van der Waals surface area contributed by atoms with Gasteiger partial charge in [-0.05, 0) is 56.2 Å². The van der Waals surface area contributed by atoms with E-state index in [1.807, 2.05) is 37.3 Å². The van der Waals surface area contributed by atoms with Crippen LogP contribution < -0.4 is 0 Å². The normalized spacial score (nSPS) is 18.5. The van der Waals surface area contributed by atoms with Gasteiger partial charge in [0.15, 0.2) is 5.82 Å². The summed E-state index contributed by atoms with van der Waals surface area (Å²) in [5, 5.41) is 20.5. The van der Waals surface area contributed by atoms with E-state index >= 15 is 0 Å². The number of allylic oxidation sites excluding steroid dienone is 1. The second-order valence-corrected chi connectivity index (χ2v) is 9.69. The van der Waals surface area contributed by atoms with Crippen LogP contribution in [0.4, 0.5) is 0 Å². The van der Waals surface area contributed by atoms with E-state index in [4.69, 9.17) is 0 Å². The molecule has 1 fully saturated rings. The number of piperidine rings is 1. The summed E-state index contributed by atoms with van der Waals surface area (Å²) in [4.78, 5) is 4.66. The van der Waals surface area contributed by atoms with E-state index in [9.17, 15) is 18.8 Å². The molecule has 4 rings (SSSR count). The molecule has 7 nitrogen and oxygen atoms in total. The lowest BCUT2D eigenvalue weighted by Gasteiger charge is -2.32. The Balaban J connectivity index is 1.71. The number of rotatable bonds is 4. The average molecular weight is 437 g/mol. The van der Waals surface area contributed by atoms with Gasteiger partial charge in [-0.15, -0.1) is 0 Å². The highest BCUT2D eigenvalue weighted by Gasteiger charge is 2.31. The Morgan fingerprint density at radius 3 is 2.52 bits per heavy atom. The van der Waals surface area contributed by atoms with Gasteiger partial charge in [-0.3, -0.25) is 0 Å². The molecular formula is C23H24N4O3S. The third kappa shape index (κ3) is 3.71. The highest BCUT2D eigenvalue weighted by atomic mass is 32.2. The summed E-state index contributed by atoms with van der Waals surface area (Å²) in [6.45, 7) is 2.44. The van der Waals surface area contributed by atoms with Crippen LogP contribution in [0.1, 0.15) is 37.6 Å². The highest BCUT2D eigenvalue weighted by Crippen LogP contribution is 2.29. The number of nitriles is 1. The summed E-state index contributed by atoms with van der Waals surface area (Å²) in [6, 6.07) is 15.5. The fourth-order valence-corrected chi connectivity index (χ4v) is 5.77. The molecule has 0 unspecified atom stereocenters. The van der Waals surface area contributed by atoms with Crippen molar-refractivity contribution in [3.05, 3.63) is 59.9 Å². The molecule has 160 valence electrons. The van der Waals surface area contributed by atoms with Gasteiger partial charge in [-0.25, -0.2) is 13.4 Å². The van der Waals surface area contributed by atoms with Crippen molar-refractivity contribution in [1.29, 1.82) is 5.26 Å². The number of fused-ring (bicyclic) bond motifs is 1. The van der Waals surface area contributed by atoms with Gasteiger partial charge in [0, 0.05) is 25.2 Å². The van der Waals surface area contributed by atoms with Crippen molar-refractivity contribution in [3.63, 3.8) is 0 Å². The first kappa shape index (κ1) is 21.1. The van der Waals surface area contributed by atoms with E-state index in [-0.39, 0.29) is 22.3 Å². The first-order chi connectivity index (χ1) is 14.8. The maximum Gasteiger partial charge on any atom is 0.243 e. The molecule has 0 radical (unpaired) electrons. The third-order valence-corrected chi connectivity index (χ3v) is 7.86. The van der Waals surface area contributed by atoms with Gasteiger partial charge in [0.05, 0.1) is 15.9 Å². The van der Waals surface area contributed by atoms with E-state index < -0.39 is 10.0 Å². The van der Waals surface area contributed by atoms with Crippen LogP contribution in [-0.2, 0) is 17.1 Å². The molecular weight excluding hydrogens is 412 g/mol. The second kappa shape index (κ2) is 8.17. The van der Waals surface area contributed by atoms with Gasteiger partial charge < -0.3 is 9.67 Å². The van der Waals surface area contributed by atoms with Crippen LogP contribution in [0, 0.1) is 11.3 Å². The quantitative estimate of drug-likeness (QED) is 0.491. The summed E-state index contributed by atoms with van der Waals surface area (Å²) >= 11 is 0. The monoisotopic (exact) mass is 436 g/mol. The predicted octanol–water partition coefficient (Wildman–Crippen LogP) is 4.09. The van der Waals surface area contributed by atoms with E-state index in [1.165, 1.54) is 24.3 Å². The van der Waals surface area contributed by atoms with Crippen molar-refractivity contribution >= 4 is 32.4 Å². The fraction of sp³-hybridized carbons (Fsp3) is 0.304. The topological polar surface area (TPSA) is 99.2 Å². The van der Waals surface area contributed by atoms with Gasteiger partial charge >= 0.3 is 0 Å². The van der Waals surface area contributed by atoms with Crippen molar-refractivity contribution in [2.24, 2.45) is 7.05 Å². The number of aliphatic hydroxyl groups is 1. The zero-order chi connectivity index (χ0) is 22.2. The number of benzene rings is 2. The van der Waals surface area contributed by atoms with Crippen molar-refractivity contribution < 1.29 is 13.5 Å². The third-order valence-electron chi connectivity index (χ3n) is 5.84. The van der Waals surface area contributed by atoms with Crippen LogP contribution in [0.25, 0.3) is 22.4 Å². The minimum absolute atomic E-state index is 0.0268. The van der Waals surface area contributed by atoms with Crippen molar-refractivity contribution in [2.75, 3.05) is 6.54 Å². The zero-order valence-corrected chi connectivity index (χ0v) is 18.3. The molecule has 2 heterocycles. The molecule has 1 atom stereocenters. The second-order valence-electron chi connectivity index (χ2n) is 7.80. The molecule has 8 heteroatoms. The lowest BCUT2D eigenvalue weighted by molar-refractivity contribution is 0.268. The highest BCUT2D eigenvalue weighted by molar-refractivity contribution is 7.89. The number of imidazole rings is 1. The average Bonchev–Trinajstić information content (AvgIpc) is 3.11. The summed E-state index contributed by atoms with van der Waals surface area (Å²) in [6.07, 6.45) is 2.74. The Hall–Kier alpha value is -3.15. The number of sulfonamides is 1. The maximum absolute atomic E-state index is 13.0. The van der Waals surface area contributed by atoms with Crippen molar-refractivity contribution in [3.8, 4) is 6.07 Å². The fourth-order valence-electron chi connectivity index (χ4n) is 4.07. The van der Waals surface area contributed by atoms with Crippen LogP contribution >= 0.6 is 0 Å². The molecule has 0 aliphatic carbocycles. The minimum atomic E-state index is -3.60. The SMILES string of the molecule is C[C@@H]1CCCCN1S(=O)(=O)c1ccc(C(O)=C(C#N)c2nc3ccccc3n2C)cc1. The summed E-state index contributed by atoms with van der Waals surface area (Å²) < 4.78 is 29.3. The first-order valence-corrected chi connectivity index (χ1v) is 11.7. The molecule has 0 spiro atoms. The van der Waals surface area contributed by atoms with E-state index in [0.29, 0.717) is 17.9 Å². The van der Waals surface area contributed by atoms with Crippen LogP contribution in [0.5, 0.6) is 0 Å². The van der Waals surface area contributed by atoms with Crippen LogP contribution in [0.3, 0.4) is 0 Å². The van der Waals surface area contributed by atoms with Gasteiger partial charge in [0.2, 0.25) is 10.0 Å². The number of hydrogen-bond donors (Lipinski definition) is 1. The van der Waals surface area contributed by atoms with E-state index in [1.54, 1.807) is 15.9 Å². The molecule has 2 aromatic carbocycles. The molecule has 3 aromatic rings. The molecule has 0 bridgehead atoms. The lowest BCUT2D eigenvalue weighted by atomic mass is 10.1. The molecule has 0 saturated carbocycles. The predicted molar refractivity (Wildman–Crippen MR) is 119 cm³/mol. The smallest absolute Gasteiger partial charge is 0.243 e. The standard InChI is InChI=1S/C23H24N4O3S/c1-16-7-5-6-14-27(16)31(29,30)18-12-10-17(11-13-18)22(28)19(15-24)23-25-20-8-3-4-9-21(20)26(23)2/h3-4,8-13,16,28H,5-7,14H2,1-2H3/t16-/m1/s1. The van der Waals surface area contributed by atoms with Gasteiger partial charge in [0.25, 0.3) is 0 Å². The first-order valence-electron chi connectivity index (χ1n) is 10.2. The maximum atomic E-state index is 13.0. The van der Waals surface area contributed by atoms with Gasteiger partial charge in [-0.1, -0.05) is 18.6 Å². The molecule has 1 aliphatic heterocycles. The Bertz CT molecular complexity index is 1300. The largest absolute Gasteiger partial charge is 0.506 e. The molecule has 1 N–H and O–H groups in total. The zero-order valence-electron chi connectivity index (χ0n) is 17.5. The summed E-state index contributed by atoms with van der Waals surface area (Å²) in [5.41, 5.74) is 1.95. The Morgan fingerprint density at radius 1 is 1.16 bits per heavy atom.